The van der Waals surface area contributed by atoms with Gasteiger partial charge >= 0.3 is 0 Å². The number of nitrogens with zero attached hydrogens (tertiary/aromatic N) is 3. The van der Waals surface area contributed by atoms with E-state index in [0.29, 0.717) is 23.6 Å². The first kappa shape index (κ1) is 16.5. The second-order valence-corrected chi connectivity index (χ2v) is 6.31. The quantitative estimate of drug-likeness (QED) is 0.934. The van der Waals surface area contributed by atoms with Gasteiger partial charge in [0, 0.05) is 25.8 Å². The molecule has 0 saturated carbocycles. The number of pyridine rings is 1. The lowest BCUT2D eigenvalue weighted by atomic mass is 10.2. The fourth-order valence-corrected chi connectivity index (χ4v) is 3.09. The number of amides is 1. The Balaban J connectivity index is 1.59. The number of anilines is 1. The highest BCUT2D eigenvalue weighted by molar-refractivity contribution is 5.96. The number of hydrogen-bond acceptors (Lipinski definition) is 5. The summed E-state index contributed by atoms with van der Waals surface area (Å²) in [6, 6.07) is 4.07. The third-order valence-corrected chi connectivity index (χ3v) is 4.45. The summed E-state index contributed by atoms with van der Waals surface area (Å²) in [7, 11) is 0. The Kier molecular flexibility index (Phi) is 5.13. The largest absolute Gasteiger partial charge is 0.361 e. The predicted molar refractivity (Wildman–Crippen MR) is 92.1 cm³/mol. The zero-order valence-corrected chi connectivity index (χ0v) is 14.3. The topological polar surface area (TPSA) is 71.3 Å². The summed E-state index contributed by atoms with van der Waals surface area (Å²) < 4.78 is 5.03. The Labute approximate surface area is 142 Å². The molecule has 1 fully saturated rings. The standard InChI is InChI=1S/C18H24N4O2/c1-13-17(14(2)24-21-13)18(23)20-12-15-7-8-16(19-11-15)22-9-5-3-4-6-10-22/h7-8,11H,3-6,9-10,12H2,1-2H3,(H,20,23). The summed E-state index contributed by atoms with van der Waals surface area (Å²) in [4.78, 5) is 19.1. The lowest BCUT2D eigenvalue weighted by molar-refractivity contribution is 0.0949. The molecule has 1 aliphatic heterocycles. The minimum Gasteiger partial charge on any atom is -0.361 e. The van der Waals surface area contributed by atoms with Gasteiger partial charge in [0.2, 0.25) is 0 Å². The molecule has 6 heteroatoms. The van der Waals surface area contributed by atoms with Crippen LogP contribution in [-0.2, 0) is 6.54 Å². The molecular weight excluding hydrogens is 304 g/mol. The molecule has 2 aromatic rings. The van der Waals surface area contributed by atoms with Crippen LogP contribution in [0.4, 0.5) is 5.82 Å². The highest BCUT2D eigenvalue weighted by atomic mass is 16.5. The molecule has 3 rings (SSSR count). The van der Waals surface area contributed by atoms with Crippen LogP contribution >= 0.6 is 0 Å². The van der Waals surface area contributed by atoms with Crippen molar-refractivity contribution >= 4 is 11.7 Å². The summed E-state index contributed by atoms with van der Waals surface area (Å²) in [6.45, 7) is 6.11. The van der Waals surface area contributed by atoms with E-state index in [1.165, 1.54) is 25.7 Å². The molecule has 1 aliphatic rings. The van der Waals surface area contributed by atoms with Gasteiger partial charge in [-0.3, -0.25) is 4.79 Å². The van der Waals surface area contributed by atoms with Crippen molar-refractivity contribution in [3.8, 4) is 0 Å². The van der Waals surface area contributed by atoms with Crippen LogP contribution in [0.5, 0.6) is 0 Å². The highest BCUT2D eigenvalue weighted by Crippen LogP contribution is 2.17. The van der Waals surface area contributed by atoms with Gasteiger partial charge < -0.3 is 14.7 Å². The molecule has 0 spiro atoms. The maximum absolute atomic E-state index is 12.2. The normalized spacial score (nSPS) is 15.2. The maximum Gasteiger partial charge on any atom is 0.257 e. The van der Waals surface area contributed by atoms with Crippen LogP contribution in [0.3, 0.4) is 0 Å². The van der Waals surface area contributed by atoms with Crippen molar-refractivity contribution in [1.82, 2.24) is 15.5 Å². The highest BCUT2D eigenvalue weighted by Gasteiger charge is 2.17. The van der Waals surface area contributed by atoms with Gasteiger partial charge in [-0.15, -0.1) is 0 Å². The molecule has 0 aliphatic carbocycles. The molecule has 6 nitrogen and oxygen atoms in total. The van der Waals surface area contributed by atoms with Crippen molar-refractivity contribution in [3.63, 3.8) is 0 Å². The van der Waals surface area contributed by atoms with Crippen LogP contribution in [0.25, 0.3) is 0 Å². The molecule has 2 aromatic heterocycles. The monoisotopic (exact) mass is 328 g/mol. The van der Waals surface area contributed by atoms with Crippen LogP contribution in [0.1, 0.15) is 53.1 Å². The van der Waals surface area contributed by atoms with E-state index in [0.717, 1.165) is 24.5 Å². The average molecular weight is 328 g/mol. The van der Waals surface area contributed by atoms with Gasteiger partial charge in [0.05, 0.1) is 5.69 Å². The molecule has 1 saturated heterocycles. The number of carbonyl (C=O) groups is 1. The molecule has 0 unspecified atom stereocenters. The van der Waals surface area contributed by atoms with E-state index in [4.69, 9.17) is 4.52 Å². The van der Waals surface area contributed by atoms with Gasteiger partial charge in [-0.2, -0.15) is 0 Å². The Bertz CT molecular complexity index is 666. The molecule has 24 heavy (non-hydrogen) atoms. The molecular formula is C18H24N4O2. The molecule has 128 valence electrons. The summed E-state index contributed by atoms with van der Waals surface area (Å²) in [5.74, 6) is 1.40. The van der Waals surface area contributed by atoms with Crippen molar-refractivity contribution in [1.29, 1.82) is 0 Å². The molecule has 1 N–H and O–H groups in total. The number of hydrogen-bond donors (Lipinski definition) is 1. The van der Waals surface area contributed by atoms with Gasteiger partial charge in [0.1, 0.15) is 17.1 Å². The molecule has 0 radical (unpaired) electrons. The number of aromatic nitrogens is 2. The zero-order valence-electron chi connectivity index (χ0n) is 14.3. The van der Waals surface area contributed by atoms with Crippen LogP contribution in [0, 0.1) is 13.8 Å². The van der Waals surface area contributed by atoms with Gasteiger partial charge in [-0.1, -0.05) is 24.1 Å². The first-order chi connectivity index (χ1) is 11.6. The smallest absolute Gasteiger partial charge is 0.257 e. The first-order valence-corrected chi connectivity index (χ1v) is 8.56. The van der Waals surface area contributed by atoms with Crippen molar-refractivity contribution in [2.24, 2.45) is 0 Å². The Morgan fingerprint density at radius 3 is 2.54 bits per heavy atom. The van der Waals surface area contributed by atoms with Gasteiger partial charge in [0.15, 0.2) is 0 Å². The lowest BCUT2D eigenvalue weighted by Crippen LogP contribution is -2.25. The Morgan fingerprint density at radius 1 is 1.21 bits per heavy atom. The van der Waals surface area contributed by atoms with E-state index < -0.39 is 0 Å². The lowest BCUT2D eigenvalue weighted by Gasteiger charge is -2.21. The summed E-state index contributed by atoms with van der Waals surface area (Å²) >= 11 is 0. The van der Waals surface area contributed by atoms with E-state index in [-0.39, 0.29) is 5.91 Å². The zero-order chi connectivity index (χ0) is 16.9. The number of rotatable bonds is 4. The van der Waals surface area contributed by atoms with E-state index in [1.807, 2.05) is 18.3 Å². The van der Waals surface area contributed by atoms with E-state index >= 15 is 0 Å². The van der Waals surface area contributed by atoms with Crippen molar-refractivity contribution < 1.29 is 9.32 Å². The summed E-state index contributed by atoms with van der Waals surface area (Å²) in [6.07, 6.45) is 6.92. The van der Waals surface area contributed by atoms with Crippen LogP contribution < -0.4 is 10.2 Å². The molecule has 1 amide bonds. The number of nitrogens with one attached hydrogen (secondary N) is 1. The third kappa shape index (κ3) is 3.75. The maximum atomic E-state index is 12.2. The fourth-order valence-electron chi connectivity index (χ4n) is 3.09. The SMILES string of the molecule is Cc1noc(C)c1C(=O)NCc1ccc(N2CCCCCC2)nc1. The molecule has 3 heterocycles. The Hall–Kier alpha value is -2.37. The van der Waals surface area contributed by atoms with Crippen molar-refractivity contribution in [3.05, 3.63) is 40.9 Å². The van der Waals surface area contributed by atoms with Gasteiger partial charge in [-0.25, -0.2) is 4.98 Å². The second-order valence-electron chi connectivity index (χ2n) is 6.31. The van der Waals surface area contributed by atoms with E-state index in [2.05, 4.69) is 20.4 Å². The molecule has 0 aromatic carbocycles. The minimum atomic E-state index is -0.164. The minimum absolute atomic E-state index is 0.164. The first-order valence-electron chi connectivity index (χ1n) is 8.56. The summed E-state index contributed by atoms with van der Waals surface area (Å²) in [5, 5.41) is 6.71. The van der Waals surface area contributed by atoms with Crippen molar-refractivity contribution in [2.45, 2.75) is 46.1 Å². The Morgan fingerprint density at radius 2 is 1.96 bits per heavy atom. The average Bonchev–Trinajstić information content (AvgIpc) is 2.80. The number of carbonyl (C=O) groups excluding carboxylic acids is 1. The molecule has 0 atom stereocenters. The van der Waals surface area contributed by atoms with Crippen LogP contribution in [0.15, 0.2) is 22.9 Å². The fraction of sp³-hybridized carbons (Fsp3) is 0.500. The van der Waals surface area contributed by atoms with E-state index in [1.54, 1.807) is 13.8 Å². The van der Waals surface area contributed by atoms with Gasteiger partial charge in [-0.05, 0) is 38.3 Å². The predicted octanol–water partition coefficient (Wildman–Crippen LogP) is 3.00. The van der Waals surface area contributed by atoms with E-state index in [9.17, 15) is 4.79 Å². The van der Waals surface area contributed by atoms with Crippen molar-refractivity contribution in [2.75, 3.05) is 18.0 Å². The number of aryl methyl sites for hydroxylation is 2. The van der Waals surface area contributed by atoms with Gasteiger partial charge in [0.25, 0.3) is 5.91 Å². The van der Waals surface area contributed by atoms with Crippen LogP contribution in [-0.4, -0.2) is 29.1 Å². The third-order valence-electron chi connectivity index (χ3n) is 4.45. The van der Waals surface area contributed by atoms with Crippen LogP contribution in [0.2, 0.25) is 0 Å². The second kappa shape index (κ2) is 7.47. The summed E-state index contributed by atoms with van der Waals surface area (Å²) in [5.41, 5.74) is 2.11. The molecule has 0 bridgehead atoms.